The average Bonchev–Trinajstić information content (AvgIpc) is 2.94. The number of aromatic carboxylic acids is 1. The summed E-state index contributed by atoms with van der Waals surface area (Å²) in [5.41, 5.74) is 3.13. The third-order valence-corrected chi connectivity index (χ3v) is 4.31. The number of carbonyl (C=O) groups is 1. The van der Waals surface area contributed by atoms with Gasteiger partial charge in [-0.15, -0.1) is 0 Å². The van der Waals surface area contributed by atoms with Crippen molar-refractivity contribution in [2.75, 3.05) is 26.3 Å². The van der Waals surface area contributed by atoms with E-state index in [1.165, 1.54) is 5.56 Å². The number of aromatic nitrogens is 2. The lowest BCUT2D eigenvalue weighted by atomic mass is 10.1. The van der Waals surface area contributed by atoms with E-state index in [2.05, 4.69) is 20.9 Å². The second-order valence-corrected chi connectivity index (χ2v) is 5.77. The van der Waals surface area contributed by atoms with E-state index in [0.717, 1.165) is 54.7 Å². The standard InChI is InChI=1S/C17H17N3O3/c21-17(22)14-8-12-15(9-18-14)19-13-3-1-2-11(16(12)13)10-20-4-6-23-7-5-20/h1-3,8-9,19H,4-7,10H2,(H,21,22). The minimum absolute atomic E-state index is 0.0691. The quantitative estimate of drug-likeness (QED) is 0.775. The topological polar surface area (TPSA) is 78.4 Å². The summed E-state index contributed by atoms with van der Waals surface area (Å²) in [6.07, 6.45) is 1.59. The SMILES string of the molecule is O=C(O)c1cc2c(cn1)[nH]c1cccc(CN3CCOCC3)c12. The van der Waals surface area contributed by atoms with Crippen LogP contribution in [0.25, 0.3) is 21.8 Å². The van der Waals surface area contributed by atoms with Crippen molar-refractivity contribution in [2.24, 2.45) is 0 Å². The number of hydrogen-bond donors (Lipinski definition) is 2. The number of fused-ring (bicyclic) bond motifs is 3. The highest BCUT2D eigenvalue weighted by Gasteiger charge is 2.16. The van der Waals surface area contributed by atoms with E-state index in [9.17, 15) is 9.90 Å². The highest BCUT2D eigenvalue weighted by Crippen LogP contribution is 2.29. The van der Waals surface area contributed by atoms with Gasteiger partial charge in [-0.1, -0.05) is 12.1 Å². The molecule has 0 aliphatic carbocycles. The number of ether oxygens (including phenoxy) is 1. The van der Waals surface area contributed by atoms with Crippen LogP contribution >= 0.6 is 0 Å². The van der Waals surface area contributed by atoms with E-state index in [-0.39, 0.29) is 5.69 Å². The first-order valence-electron chi connectivity index (χ1n) is 7.65. The number of carboxylic acid groups (broad SMARTS) is 1. The number of rotatable bonds is 3. The summed E-state index contributed by atoms with van der Waals surface area (Å²) in [4.78, 5) is 20.9. The van der Waals surface area contributed by atoms with Gasteiger partial charge in [0.05, 0.1) is 24.9 Å². The Morgan fingerprint density at radius 2 is 2.13 bits per heavy atom. The predicted octanol–water partition coefficient (Wildman–Crippen LogP) is 2.25. The second kappa shape index (κ2) is 5.64. The van der Waals surface area contributed by atoms with Crippen molar-refractivity contribution in [1.82, 2.24) is 14.9 Å². The maximum Gasteiger partial charge on any atom is 0.354 e. The Labute approximate surface area is 132 Å². The Hall–Kier alpha value is -2.44. The maximum atomic E-state index is 11.2. The van der Waals surface area contributed by atoms with E-state index in [4.69, 9.17) is 4.74 Å². The van der Waals surface area contributed by atoms with E-state index in [1.54, 1.807) is 12.3 Å². The molecule has 1 saturated heterocycles. The Morgan fingerprint density at radius 3 is 2.91 bits per heavy atom. The van der Waals surface area contributed by atoms with Gasteiger partial charge in [0.1, 0.15) is 5.69 Å². The Bertz CT molecular complexity index is 881. The summed E-state index contributed by atoms with van der Waals surface area (Å²) >= 11 is 0. The van der Waals surface area contributed by atoms with Gasteiger partial charge in [-0.25, -0.2) is 9.78 Å². The molecule has 0 unspecified atom stereocenters. The first-order valence-corrected chi connectivity index (χ1v) is 7.65. The van der Waals surface area contributed by atoms with Crippen molar-refractivity contribution in [3.8, 4) is 0 Å². The molecular formula is C17H17N3O3. The van der Waals surface area contributed by atoms with Crippen LogP contribution in [0.5, 0.6) is 0 Å². The average molecular weight is 311 g/mol. The summed E-state index contributed by atoms with van der Waals surface area (Å²) in [7, 11) is 0. The third kappa shape index (κ3) is 2.56. The molecule has 0 amide bonds. The molecule has 0 bridgehead atoms. The van der Waals surface area contributed by atoms with Crippen molar-refractivity contribution < 1.29 is 14.6 Å². The molecule has 0 saturated carbocycles. The molecule has 3 aromatic rings. The fourth-order valence-corrected chi connectivity index (χ4v) is 3.18. The Balaban J connectivity index is 1.84. The number of hydrogen-bond acceptors (Lipinski definition) is 4. The molecule has 1 aliphatic heterocycles. The maximum absolute atomic E-state index is 11.2. The number of morpholine rings is 1. The minimum Gasteiger partial charge on any atom is -0.477 e. The van der Waals surface area contributed by atoms with Crippen molar-refractivity contribution in [3.63, 3.8) is 0 Å². The zero-order valence-corrected chi connectivity index (χ0v) is 12.6. The zero-order valence-electron chi connectivity index (χ0n) is 12.6. The van der Waals surface area contributed by atoms with E-state index >= 15 is 0 Å². The molecule has 3 heterocycles. The van der Waals surface area contributed by atoms with Crippen LogP contribution in [0.4, 0.5) is 0 Å². The van der Waals surface area contributed by atoms with E-state index in [0.29, 0.717) is 0 Å². The monoisotopic (exact) mass is 311 g/mol. The smallest absolute Gasteiger partial charge is 0.354 e. The number of pyridine rings is 1. The Kier molecular flexibility index (Phi) is 3.48. The van der Waals surface area contributed by atoms with Gasteiger partial charge in [0.25, 0.3) is 0 Å². The molecule has 1 fully saturated rings. The minimum atomic E-state index is -1.01. The van der Waals surface area contributed by atoms with Gasteiger partial charge in [-0.3, -0.25) is 4.90 Å². The number of nitrogens with zero attached hydrogens (tertiary/aromatic N) is 2. The van der Waals surface area contributed by atoms with Gasteiger partial charge in [0, 0.05) is 35.9 Å². The highest BCUT2D eigenvalue weighted by atomic mass is 16.5. The fraction of sp³-hybridized carbons (Fsp3) is 0.294. The van der Waals surface area contributed by atoms with Gasteiger partial charge >= 0.3 is 5.97 Å². The van der Waals surface area contributed by atoms with Crippen LogP contribution in [-0.4, -0.2) is 52.2 Å². The summed E-state index contributed by atoms with van der Waals surface area (Å²) in [5, 5.41) is 11.2. The summed E-state index contributed by atoms with van der Waals surface area (Å²) in [5.74, 6) is -1.01. The summed E-state index contributed by atoms with van der Waals surface area (Å²) < 4.78 is 5.40. The molecule has 118 valence electrons. The molecule has 6 nitrogen and oxygen atoms in total. The van der Waals surface area contributed by atoms with Crippen LogP contribution in [0.1, 0.15) is 16.1 Å². The Morgan fingerprint density at radius 1 is 1.30 bits per heavy atom. The summed E-state index contributed by atoms with van der Waals surface area (Å²) in [6.45, 7) is 4.19. The zero-order chi connectivity index (χ0) is 15.8. The number of H-pyrrole nitrogens is 1. The molecular weight excluding hydrogens is 294 g/mol. The molecule has 23 heavy (non-hydrogen) atoms. The first kappa shape index (κ1) is 14.2. The highest BCUT2D eigenvalue weighted by molar-refractivity contribution is 6.10. The van der Waals surface area contributed by atoms with Crippen LogP contribution < -0.4 is 0 Å². The molecule has 2 N–H and O–H groups in total. The molecule has 1 aromatic carbocycles. The number of benzene rings is 1. The van der Waals surface area contributed by atoms with Crippen molar-refractivity contribution >= 4 is 27.8 Å². The predicted molar refractivity (Wildman–Crippen MR) is 86.7 cm³/mol. The van der Waals surface area contributed by atoms with Crippen molar-refractivity contribution in [3.05, 3.63) is 41.7 Å². The van der Waals surface area contributed by atoms with Crippen LogP contribution in [-0.2, 0) is 11.3 Å². The number of aromatic amines is 1. The molecule has 1 aliphatic rings. The van der Waals surface area contributed by atoms with Gasteiger partial charge < -0.3 is 14.8 Å². The molecule has 6 heteroatoms. The molecule has 2 aromatic heterocycles. The largest absolute Gasteiger partial charge is 0.477 e. The van der Waals surface area contributed by atoms with Crippen LogP contribution in [0.3, 0.4) is 0 Å². The van der Waals surface area contributed by atoms with Gasteiger partial charge in [-0.2, -0.15) is 0 Å². The van der Waals surface area contributed by atoms with Crippen LogP contribution in [0, 0.1) is 0 Å². The van der Waals surface area contributed by atoms with Gasteiger partial charge in [-0.05, 0) is 17.7 Å². The molecule has 0 atom stereocenters. The molecule has 0 spiro atoms. The lowest BCUT2D eigenvalue weighted by Crippen LogP contribution is -2.35. The lowest BCUT2D eigenvalue weighted by Gasteiger charge is -2.26. The van der Waals surface area contributed by atoms with Crippen LogP contribution in [0.2, 0.25) is 0 Å². The fourth-order valence-electron chi connectivity index (χ4n) is 3.18. The number of nitrogens with one attached hydrogen (secondary N) is 1. The lowest BCUT2D eigenvalue weighted by molar-refractivity contribution is 0.0344. The van der Waals surface area contributed by atoms with Gasteiger partial charge in [0.15, 0.2) is 0 Å². The normalized spacial score (nSPS) is 16.2. The third-order valence-electron chi connectivity index (χ3n) is 4.31. The van der Waals surface area contributed by atoms with E-state index < -0.39 is 5.97 Å². The second-order valence-electron chi connectivity index (χ2n) is 5.77. The summed E-state index contributed by atoms with van der Waals surface area (Å²) in [6, 6.07) is 7.79. The van der Waals surface area contributed by atoms with Crippen molar-refractivity contribution in [2.45, 2.75) is 6.54 Å². The first-order chi connectivity index (χ1) is 11.2. The molecule has 4 rings (SSSR count). The number of carboxylic acids is 1. The van der Waals surface area contributed by atoms with Crippen LogP contribution in [0.15, 0.2) is 30.5 Å². The van der Waals surface area contributed by atoms with E-state index in [1.807, 2.05) is 12.1 Å². The van der Waals surface area contributed by atoms with Crippen molar-refractivity contribution in [1.29, 1.82) is 0 Å². The molecule has 0 radical (unpaired) electrons. The van der Waals surface area contributed by atoms with Gasteiger partial charge in [0.2, 0.25) is 0 Å².